The van der Waals surface area contributed by atoms with E-state index in [4.69, 9.17) is 4.74 Å². The first-order valence-electron chi connectivity index (χ1n) is 7.37. The van der Waals surface area contributed by atoms with Gasteiger partial charge in [0, 0.05) is 17.7 Å². The lowest BCUT2D eigenvalue weighted by atomic mass is 10.1. The van der Waals surface area contributed by atoms with Gasteiger partial charge in [-0.2, -0.15) is 5.10 Å². The van der Waals surface area contributed by atoms with Crippen LogP contribution in [0.2, 0.25) is 0 Å². The Morgan fingerprint density at radius 3 is 2.62 bits per heavy atom. The third-order valence-electron chi connectivity index (χ3n) is 3.12. The lowest BCUT2D eigenvalue weighted by molar-refractivity contribution is -0.384. The predicted octanol–water partition coefficient (Wildman–Crippen LogP) is 2.69. The number of nitro benzene ring substituents is 1. The lowest BCUT2D eigenvalue weighted by Crippen LogP contribution is -2.19. The minimum absolute atomic E-state index is 0.00953. The molecule has 0 aromatic heterocycles. The van der Waals surface area contributed by atoms with Crippen LogP contribution in [0.5, 0.6) is 5.75 Å². The molecule has 2 aromatic carbocycles. The van der Waals surface area contributed by atoms with E-state index in [1.165, 1.54) is 18.3 Å². The SMILES string of the molecule is CCOc1ccccc1/C=N\NC(=O)Cc1ccc([N+](=O)[O-])cc1. The summed E-state index contributed by atoms with van der Waals surface area (Å²) in [5.41, 5.74) is 3.85. The van der Waals surface area contributed by atoms with Crippen molar-refractivity contribution in [3.63, 3.8) is 0 Å². The molecule has 0 aliphatic heterocycles. The molecular formula is C17H17N3O4. The summed E-state index contributed by atoms with van der Waals surface area (Å²) in [5, 5.41) is 14.5. The van der Waals surface area contributed by atoms with Crippen LogP contribution in [0.15, 0.2) is 53.6 Å². The maximum absolute atomic E-state index is 11.8. The summed E-state index contributed by atoms with van der Waals surface area (Å²) < 4.78 is 5.46. The Balaban J connectivity index is 1.92. The van der Waals surface area contributed by atoms with Crippen LogP contribution in [0.4, 0.5) is 5.69 Å². The van der Waals surface area contributed by atoms with E-state index in [-0.39, 0.29) is 18.0 Å². The van der Waals surface area contributed by atoms with Gasteiger partial charge in [-0.05, 0) is 24.6 Å². The number of non-ortho nitro benzene ring substituents is 1. The van der Waals surface area contributed by atoms with Crippen LogP contribution < -0.4 is 10.2 Å². The number of nitrogens with one attached hydrogen (secondary N) is 1. The first kappa shape index (κ1) is 17.1. The van der Waals surface area contributed by atoms with E-state index in [0.29, 0.717) is 17.9 Å². The number of rotatable bonds is 7. The summed E-state index contributed by atoms with van der Waals surface area (Å²) in [6, 6.07) is 13.2. The van der Waals surface area contributed by atoms with E-state index in [2.05, 4.69) is 10.5 Å². The van der Waals surface area contributed by atoms with Gasteiger partial charge in [-0.1, -0.05) is 24.3 Å². The fraction of sp³-hybridized carbons (Fsp3) is 0.176. The third kappa shape index (κ3) is 4.91. The van der Waals surface area contributed by atoms with E-state index in [0.717, 1.165) is 5.56 Å². The second-order valence-electron chi connectivity index (χ2n) is 4.86. The first-order chi connectivity index (χ1) is 11.6. The maximum Gasteiger partial charge on any atom is 0.269 e. The molecule has 0 saturated carbocycles. The second kappa shape index (κ2) is 8.42. The lowest BCUT2D eigenvalue weighted by Gasteiger charge is -2.05. The second-order valence-corrected chi connectivity index (χ2v) is 4.86. The highest BCUT2D eigenvalue weighted by atomic mass is 16.6. The Hall–Kier alpha value is -3.22. The fourth-order valence-electron chi connectivity index (χ4n) is 2.01. The molecule has 0 radical (unpaired) electrons. The molecular weight excluding hydrogens is 310 g/mol. The standard InChI is InChI=1S/C17H17N3O4/c1-2-24-16-6-4-3-5-14(16)12-18-19-17(21)11-13-7-9-15(10-8-13)20(22)23/h3-10,12H,2,11H2,1H3,(H,19,21)/b18-12-. The first-order valence-corrected chi connectivity index (χ1v) is 7.37. The van der Waals surface area contributed by atoms with Crippen LogP contribution in [-0.2, 0) is 11.2 Å². The topological polar surface area (TPSA) is 93.8 Å². The van der Waals surface area contributed by atoms with Crippen molar-refractivity contribution in [2.45, 2.75) is 13.3 Å². The summed E-state index contributed by atoms with van der Waals surface area (Å²) in [6.45, 7) is 2.43. The molecule has 7 nitrogen and oxygen atoms in total. The summed E-state index contributed by atoms with van der Waals surface area (Å²) in [5.74, 6) is 0.377. The van der Waals surface area contributed by atoms with Crippen molar-refractivity contribution < 1.29 is 14.5 Å². The van der Waals surface area contributed by atoms with Crippen LogP contribution in [0.3, 0.4) is 0 Å². The zero-order chi connectivity index (χ0) is 17.4. The van der Waals surface area contributed by atoms with Crippen molar-refractivity contribution in [2.24, 2.45) is 5.10 Å². The van der Waals surface area contributed by atoms with Gasteiger partial charge in [0.25, 0.3) is 5.69 Å². The molecule has 0 aliphatic carbocycles. The van der Waals surface area contributed by atoms with Gasteiger partial charge in [0.2, 0.25) is 5.91 Å². The molecule has 0 fully saturated rings. The van der Waals surface area contributed by atoms with Gasteiger partial charge in [0.15, 0.2) is 0 Å². The molecule has 0 saturated heterocycles. The Kier molecular flexibility index (Phi) is 6.01. The van der Waals surface area contributed by atoms with Crippen molar-refractivity contribution in [3.8, 4) is 5.75 Å². The number of nitrogens with zero attached hydrogens (tertiary/aromatic N) is 2. The van der Waals surface area contributed by atoms with Gasteiger partial charge in [-0.25, -0.2) is 5.43 Å². The Morgan fingerprint density at radius 1 is 1.25 bits per heavy atom. The smallest absolute Gasteiger partial charge is 0.269 e. The minimum atomic E-state index is -0.482. The van der Waals surface area contributed by atoms with Crippen molar-refractivity contribution in [1.29, 1.82) is 0 Å². The number of hydrogen-bond donors (Lipinski definition) is 1. The molecule has 0 bridgehead atoms. The molecule has 24 heavy (non-hydrogen) atoms. The summed E-state index contributed by atoms with van der Waals surface area (Å²) in [4.78, 5) is 21.9. The van der Waals surface area contributed by atoms with E-state index in [1.54, 1.807) is 12.1 Å². The predicted molar refractivity (Wildman–Crippen MR) is 90.1 cm³/mol. The van der Waals surface area contributed by atoms with Crippen molar-refractivity contribution in [1.82, 2.24) is 5.43 Å². The molecule has 0 heterocycles. The molecule has 2 rings (SSSR count). The Labute approximate surface area is 139 Å². The summed E-state index contributed by atoms with van der Waals surface area (Å²) in [6.07, 6.45) is 1.60. The van der Waals surface area contributed by atoms with Gasteiger partial charge >= 0.3 is 0 Å². The summed E-state index contributed by atoms with van der Waals surface area (Å²) >= 11 is 0. The molecule has 0 spiro atoms. The van der Waals surface area contributed by atoms with Crippen molar-refractivity contribution >= 4 is 17.8 Å². The number of benzene rings is 2. The van der Waals surface area contributed by atoms with Crippen LogP contribution in [0.1, 0.15) is 18.1 Å². The maximum atomic E-state index is 11.8. The van der Waals surface area contributed by atoms with E-state index in [9.17, 15) is 14.9 Å². The highest BCUT2D eigenvalue weighted by molar-refractivity contribution is 5.85. The van der Waals surface area contributed by atoms with Crippen LogP contribution in [0, 0.1) is 10.1 Å². The van der Waals surface area contributed by atoms with Gasteiger partial charge in [0.05, 0.1) is 24.2 Å². The number of hydrazone groups is 1. The fourth-order valence-corrected chi connectivity index (χ4v) is 2.01. The number of amides is 1. The molecule has 0 atom stereocenters. The molecule has 0 aliphatic rings. The Bertz CT molecular complexity index is 742. The zero-order valence-corrected chi connectivity index (χ0v) is 13.1. The van der Waals surface area contributed by atoms with Crippen molar-refractivity contribution in [2.75, 3.05) is 6.61 Å². The number of carbonyl (C=O) groups is 1. The number of para-hydroxylation sites is 1. The molecule has 2 aromatic rings. The average molecular weight is 327 g/mol. The van der Waals surface area contributed by atoms with E-state index < -0.39 is 4.92 Å². The molecule has 124 valence electrons. The monoisotopic (exact) mass is 327 g/mol. The third-order valence-corrected chi connectivity index (χ3v) is 3.12. The number of nitro groups is 1. The zero-order valence-electron chi connectivity index (χ0n) is 13.1. The van der Waals surface area contributed by atoms with E-state index in [1.807, 2.05) is 31.2 Å². The minimum Gasteiger partial charge on any atom is -0.493 e. The van der Waals surface area contributed by atoms with Gasteiger partial charge in [-0.15, -0.1) is 0 Å². The molecule has 0 unspecified atom stereocenters. The largest absolute Gasteiger partial charge is 0.493 e. The Morgan fingerprint density at radius 2 is 1.96 bits per heavy atom. The van der Waals surface area contributed by atoms with Gasteiger partial charge < -0.3 is 4.74 Å². The number of carbonyl (C=O) groups excluding carboxylic acids is 1. The van der Waals surface area contributed by atoms with Crippen LogP contribution in [-0.4, -0.2) is 23.7 Å². The van der Waals surface area contributed by atoms with Crippen LogP contribution in [0.25, 0.3) is 0 Å². The molecule has 7 heteroatoms. The normalized spacial score (nSPS) is 10.5. The van der Waals surface area contributed by atoms with Crippen LogP contribution >= 0.6 is 0 Å². The van der Waals surface area contributed by atoms with Gasteiger partial charge in [-0.3, -0.25) is 14.9 Å². The molecule has 1 N–H and O–H groups in total. The van der Waals surface area contributed by atoms with E-state index >= 15 is 0 Å². The highest BCUT2D eigenvalue weighted by Crippen LogP contribution is 2.15. The summed E-state index contributed by atoms with van der Waals surface area (Å²) in [7, 11) is 0. The quantitative estimate of drug-likeness (QED) is 0.480. The highest BCUT2D eigenvalue weighted by Gasteiger charge is 2.07. The number of ether oxygens (including phenoxy) is 1. The van der Waals surface area contributed by atoms with Crippen molar-refractivity contribution in [3.05, 3.63) is 69.8 Å². The van der Waals surface area contributed by atoms with Gasteiger partial charge in [0.1, 0.15) is 5.75 Å². The average Bonchev–Trinajstić information content (AvgIpc) is 2.57. The molecule has 1 amide bonds. The number of hydrogen-bond acceptors (Lipinski definition) is 5.